The number of ether oxygens (including phenoxy) is 1. The van der Waals surface area contributed by atoms with Crippen molar-refractivity contribution >= 4 is 5.97 Å². The SMILES string of the molecule is COC(=O)c1c(C(F)(F)F)nnn1Cc1ccc(C)cc1. The Morgan fingerprint density at radius 1 is 1.29 bits per heavy atom. The molecule has 0 saturated heterocycles. The molecule has 0 amide bonds. The summed E-state index contributed by atoms with van der Waals surface area (Å²) in [6, 6.07) is 7.11. The standard InChI is InChI=1S/C13H12F3N3O2/c1-8-3-5-9(6-4-8)7-19-10(12(20)21-2)11(17-18-19)13(14,15)16/h3-6H,7H2,1-2H3. The molecular weight excluding hydrogens is 287 g/mol. The third-order valence-corrected chi connectivity index (χ3v) is 2.84. The molecule has 8 heteroatoms. The first-order valence-corrected chi connectivity index (χ1v) is 5.97. The number of alkyl halides is 3. The van der Waals surface area contributed by atoms with Gasteiger partial charge in [0.2, 0.25) is 5.69 Å². The summed E-state index contributed by atoms with van der Waals surface area (Å²) in [6.07, 6.45) is -4.77. The van der Waals surface area contributed by atoms with Crippen LogP contribution in [0.5, 0.6) is 0 Å². The van der Waals surface area contributed by atoms with Gasteiger partial charge in [0.1, 0.15) is 0 Å². The molecule has 2 rings (SSSR count). The van der Waals surface area contributed by atoms with Crippen molar-refractivity contribution in [2.24, 2.45) is 0 Å². The smallest absolute Gasteiger partial charge is 0.437 e. The number of hydrogen-bond donors (Lipinski definition) is 0. The predicted molar refractivity (Wildman–Crippen MR) is 66.6 cm³/mol. The molecule has 0 saturated carbocycles. The van der Waals surface area contributed by atoms with Gasteiger partial charge in [-0.15, -0.1) is 5.10 Å². The van der Waals surface area contributed by atoms with Crippen LogP contribution in [0.1, 0.15) is 27.3 Å². The zero-order valence-electron chi connectivity index (χ0n) is 11.3. The van der Waals surface area contributed by atoms with Gasteiger partial charge >= 0.3 is 12.1 Å². The molecular formula is C13H12F3N3O2. The first-order valence-electron chi connectivity index (χ1n) is 5.97. The van der Waals surface area contributed by atoms with Crippen LogP contribution in [0.3, 0.4) is 0 Å². The minimum atomic E-state index is -4.77. The van der Waals surface area contributed by atoms with Gasteiger partial charge in [-0.3, -0.25) is 0 Å². The molecule has 21 heavy (non-hydrogen) atoms. The van der Waals surface area contributed by atoms with Crippen LogP contribution < -0.4 is 0 Å². The molecule has 0 bridgehead atoms. The molecule has 5 nitrogen and oxygen atoms in total. The van der Waals surface area contributed by atoms with Crippen molar-refractivity contribution in [2.45, 2.75) is 19.6 Å². The molecule has 0 N–H and O–H groups in total. The summed E-state index contributed by atoms with van der Waals surface area (Å²) >= 11 is 0. The van der Waals surface area contributed by atoms with Crippen molar-refractivity contribution < 1.29 is 22.7 Å². The number of halogens is 3. The van der Waals surface area contributed by atoms with E-state index in [2.05, 4.69) is 15.0 Å². The number of nitrogens with zero attached hydrogens (tertiary/aromatic N) is 3. The molecule has 1 aromatic carbocycles. The van der Waals surface area contributed by atoms with Crippen LogP contribution in [0.4, 0.5) is 13.2 Å². The van der Waals surface area contributed by atoms with Crippen molar-refractivity contribution in [2.75, 3.05) is 7.11 Å². The Morgan fingerprint density at radius 2 is 1.90 bits per heavy atom. The summed E-state index contributed by atoms with van der Waals surface area (Å²) in [6.45, 7) is 1.88. The molecule has 0 radical (unpaired) electrons. The van der Waals surface area contributed by atoms with Gasteiger partial charge in [0.25, 0.3) is 0 Å². The van der Waals surface area contributed by atoms with E-state index in [1.165, 1.54) is 0 Å². The molecule has 0 aliphatic rings. The minimum Gasteiger partial charge on any atom is -0.464 e. The molecule has 112 valence electrons. The van der Waals surface area contributed by atoms with E-state index in [0.29, 0.717) is 5.56 Å². The third kappa shape index (κ3) is 3.21. The van der Waals surface area contributed by atoms with Gasteiger partial charge in [-0.1, -0.05) is 35.0 Å². The first-order chi connectivity index (χ1) is 9.82. The van der Waals surface area contributed by atoms with Gasteiger partial charge < -0.3 is 4.74 Å². The molecule has 0 aliphatic heterocycles. The number of carbonyl (C=O) groups is 1. The Labute approximate surface area is 118 Å². The zero-order valence-corrected chi connectivity index (χ0v) is 11.3. The second-order valence-corrected chi connectivity index (χ2v) is 4.42. The Bertz CT molecular complexity index is 648. The lowest BCUT2D eigenvalue weighted by Gasteiger charge is -2.08. The van der Waals surface area contributed by atoms with E-state index in [1.807, 2.05) is 19.1 Å². The average Bonchev–Trinajstić information content (AvgIpc) is 2.84. The second kappa shape index (κ2) is 5.55. The van der Waals surface area contributed by atoms with Gasteiger partial charge in [0.15, 0.2) is 5.69 Å². The first kappa shape index (κ1) is 15.0. The summed E-state index contributed by atoms with van der Waals surface area (Å²) in [5.74, 6) is -1.13. The summed E-state index contributed by atoms with van der Waals surface area (Å²) < 4.78 is 43.8. The van der Waals surface area contributed by atoms with Gasteiger partial charge in [-0.25, -0.2) is 9.48 Å². The minimum absolute atomic E-state index is 0.00616. The molecule has 0 fully saturated rings. The fourth-order valence-electron chi connectivity index (χ4n) is 1.78. The molecule has 0 spiro atoms. The van der Waals surface area contributed by atoms with Crippen molar-refractivity contribution in [1.82, 2.24) is 15.0 Å². The molecule has 0 unspecified atom stereocenters. The van der Waals surface area contributed by atoms with E-state index in [9.17, 15) is 18.0 Å². The van der Waals surface area contributed by atoms with Crippen LogP contribution in [-0.4, -0.2) is 28.1 Å². The van der Waals surface area contributed by atoms with Crippen LogP contribution in [0.25, 0.3) is 0 Å². The Morgan fingerprint density at radius 3 is 2.43 bits per heavy atom. The van der Waals surface area contributed by atoms with Crippen LogP contribution in [0.2, 0.25) is 0 Å². The highest BCUT2D eigenvalue weighted by Crippen LogP contribution is 2.30. The van der Waals surface area contributed by atoms with Crippen LogP contribution >= 0.6 is 0 Å². The highest BCUT2D eigenvalue weighted by Gasteiger charge is 2.41. The van der Waals surface area contributed by atoms with Gasteiger partial charge in [-0.2, -0.15) is 13.2 Å². The molecule has 1 aromatic heterocycles. The van der Waals surface area contributed by atoms with E-state index in [4.69, 9.17) is 0 Å². The molecule has 2 aromatic rings. The highest BCUT2D eigenvalue weighted by atomic mass is 19.4. The fourth-order valence-corrected chi connectivity index (χ4v) is 1.78. The molecule has 0 aliphatic carbocycles. The van der Waals surface area contributed by atoms with E-state index in [-0.39, 0.29) is 6.54 Å². The third-order valence-electron chi connectivity index (χ3n) is 2.84. The van der Waals surface area contributed by atoms with Crippen LogP contribution in [0, 0.1) is 6.92 Å². The Hall–Kier alpha value is -2.38. The lowest BCUT2D eigenvalue weighted by molar-refractivity contribution is -0.141. The average molecular weight is 299 g/mol. The summed E-state index contributed by atoms with van der Waals surface area (Å²) in [5, 5.41) is 6.47. The second-order valence-electron chi connectivity index (χ2n) is 4.42. The number of esters is 1. The van der Waals surface area contributed by atoms with E-state index < -0.39 is 23.5 Å². The van der Waals surface area contributed by atoms with Gasteiger partial charge in [0, 0.05) is 0 Å². The van der Waals surface area contributed by atoms with Crippen molar-refractivity contribution in [3.63, 3.8) is 0 Å². The topological polar surface area (TPSA) is 57.0 Å². The maximum atomic E-state index is 12.8. The summed E-state index contributed by atoms with van der Waals surface area (Å²) in [5.41, 5.74) is -0.335. The zero-order chi connectivity index (χ0) is 15.6. The molecule has 1 heterocycles. The maximum Gasteiger partial charge on any atom is 0.437 e. The van der Waals surface area contributed by atoms with Crippen molar-refractivity contribution in [3.8, 4) is 0 Å². The lowest BCUT2D eigenvalue weighted by atomic mass is 10.1. The van der Waals surface area contributed by atoms with Gasteiger partial charge in [-0.05, 0) is 12.5 Å². The van der Waals surface area contributed by atoms with Gasteiger partial charge in [0.05, 0.1) is 13.7 Å². The van der Waals surface area contributed by atoms with E-state index >= 15 is 0 Å². The monoisotopic (exact) mass is 299 g/mol. The normalized spacial score (nSPS) is 11.5. The number of benzene rings is 1. The van der Waals surface area contributed by atoms with E-state index in [1.54, 1.807) is 12.1 Å². The number of aryl methyl sites for hydroxylation is 1. The summed E-state index contributed by atoms with van der Waals surface area (Å²) in [4.78, 5) is 11.6. The van der Waals surface area contributed by atoms with Crippen molar-refractivity contribution in [3.05, 3.63) is 46.8 Å². The maximum absolute atomic E-state index is 12.8. The Kier molecular flexibility index (Phi) is 3.97. The number of methoxy groups -OCH3 is 1. The van der Waals surface area contributed by atoms with Crippen molar-refractivity contribution in [1.29, 1.82) is 0 Å². The Balaban J connectivity index is 2.42. The predicted octanol–water partition coefficient (Wildman–Crippen LogP) is 2.44. The van der Waals surface area contributed by atoms with Crippen LogP contribution in [-0.2, 0) is 17.5 Å². The highest BCUT2D eigenvalue weighted by molar-refractivity contribution is 5.88. The number of hydrogen-bond acceptors (Lipinski definition) is 4. The fraction of sp³-hybridized carbons (Fsp3) is 0.308. The summed E-state index contributed by atoms with van der Waals surface area (Å²) in [7, 11) is 1.01. The quantitative estimate of drug-likeness (QED) is 0.817. The molecule has 0 atom stereocenters. The number of rotatable bonds is 3. The van der Waals surface area contributed by atoms with Crippen LogP contribution in [0.15, 0.2) is 24.3 Å². The van der Waals surface area contributed by atoms with E-state index in [0.717, 1.165) is 17.4 Å². The number of carbonyl (C=O) groups excluding carboxylic acids is 1. The largest absolute Gasteiger partial charge is 0.464 e. The number of aromatic nitrogens is 3. The lowest BCUT2D eigenvalue weighted by Crippen LogP contribution is -2.18.